The highest BCUT2D eigenvalue weighted by Gasteiger charge is 2.07. The monoisotopic (exact) mass is 296 g/mol. The molecule has 0 aromatic carbocycles. The van der Waals surface area contributed by atoms with Gasteiger partial charge in [-0.25, -0.2) is 4.98 Å². The number of rotatable bonds is 4. The summed E-state index contributed by atoms with van der Waals surface area (Å²) < 4.78 is 0. The Morgan fingerprint density at radius 2 is 2.00 bits per heavy atom. The fraction of sp³-hybridized carbons (Fsp3) is 0.0667. The van der Waals surface area contributed by atoms with Gasteiger partial charge in [0.05, 0.1) is 12.2 Å². The van der Waals surface area contributed by atoms with E-state index in [0.29, 0.717) is 12.1 Å². The van der Waals surface area contributed by atoms with Crippen molar-refractivity contribution >= 4 is 17.2 Å². The van der Waals surface area contributed by atoms with Crippen LogP contribution in [-0.4, -0.2) is 20.9 Å². The molecule has 3 rings (SSSR count). The Balaban J connectivity index is 1.64. The van der Waals surface area contributed by atoms with E-state index in [1.54, 1.807) is 36.9 Å². The lowest BCUT2D eigenvalue weighted by Gasteiger charge is -2.02. The molecule has 0 radical (unpaired) electrons. The quantitative estimate of drug-likeness (QED) is 0.803. The van der Waals surface area contributed by atoms with Gasteiger partial charge < -0.3 is 5.32 Å². The molecule has 0 unspecified atom stereocenters. The molecule has 1 amide bonds. The highest BCUT2D eigenvalue weighted by atomic mass is 32.1. The number of carbonyl (C=O) groups is 1. The second-order valence-electron chi connectivity index (χ2n) is 4.30. The summed E-state index contributed by atoms with van der Waals surface area (Å²) in [6, 6.07) is 7.20. The van der Waals surface area contributed by atoms with Crippen LogP contribution in [0.3, 0.4) is 0 Å². The van der Waals surface area contributed by atoms with Crippen molar-refractivity contribution in [3.63, 3.8) is 0 Å². The van der Waals surface area contributed by atoms with E-state index in [0.717, 1.165) is 16.3 Å². The standard InChI is InChI=1S/C15H12N4OS/c20-14(11-3-6-16-7-4-11)18-9-13-10-21-15(19-13)12-2-1-5-17-8-12/h1-8,10H,9H2,(H,18,20). The highest BCUT2D eigenvalue weighted by molar-refractivity contribution is 7.13. The van der Waals surface area contributed by atoms with Gasteiger partial charge in [-0.15, -0.1) is 11.3 Å². The van der Waals surface area contributed by atoms with E-state index in [1.807, 2.05) is 17.5 Å². The molecule has 104 valence electrons. The molecule has 0 aliphatic rings. The normalized spacial score (nSPS) is 10.3. The van der Waals surface area contributed by atoms with Crippen molar-refractivity contribution in [2.45, 2.75) is 6.54 Å². The van der Waals surface area contributed by atoms with E-state index in [2.05, 4.69) is 20.3 Å². The maximum Gasteiger partial charge on any atom is 0.251 e. The van der Waals surface area contributed by atoms with Gasteiger partial charge in [0.2, 0.25) is 0 Å². The smallest absolute Gasteiger partial charge is 0.251 e. The summed E-state index contributed by atoms with van der Waals surface area (Å²) in [5.74, 6) is -0.131. The topological polar surface area (TPSA) is 67.8 Å². The summed E-state index contributed by atoms with van der Waals surface area (Å²) in [5.41, 5.74) is 2.41. The third kappa shape index (κ3) is 3.29. The Kier molecular flexibility index (Phi) is 3.97. The first-order valence-corrected chi connectivity index (χ1v) is 7.24. The Hall–Kier alpha value is -2.60. The molecule has 0 fully saturated rings. The maximum atomic E-state index is 11.9. The van der Waals surface area contributed by atoms with Crippen LogP contribution in [0.4, 0.5) is 0 Å². The number of hydrogen-bond donors (Lipinski definition) is 1. The SMILES string of the molecule is O=C(NCc1csc(-c2cccnc2)n1)c1ccncc1. The number of thiazole rings is 1. The Morgan fingerprint density at radius 1 is 1.14 bits per heavy atom. The van der Waals surface area contributed by atoms with Crippen LogP contribution in [0, 0.1) is 0 Å². The number of hydrogen-bond acceptors (Lipinski definition) is 5. The second-order valence-corrected chi connectivity index (χ2v) is 5.16. The van der Waals surface area contributed by atoms with Gasteiger partial charge in [-0.05, 0) is 24.3 Å². The lowest BCUT2D eigenvalue weighted by atomic mass is 10.2. The average Bonchev–Trinajstić information content (AvgIpc) is 3.03. The Morgan fingerprint density at radius 3 is 2.76 bits per heavy atom. The number of nitrogens with zero attached hydrogens (tertiary/aromatic N) is 3. The summed E-state index contributed by atoms with van der Waals surface area (Å²) in [4.78, 5) is 24.4. The Bertz CT molecular complexity index is 728. The summed E-state index contributed by atoms with van der Waals surface area (Å²) in [6.45, 7) is 0.401. The summed E-state index contributed by atoms with van der Waals surface area (Å²) in [5, 5.41) is 5.68. The first-order valence-electron chi connectivity index (χ1n) is 6.36. The molecule has 0 aliphatic carbocycles. The largest absolute Gasteiger partial charge is 0.346 e. The Labute approximate surface area is 125 Å². The fourth-order valence-corrected chi connectivity index (χ4v) is 2.60. The van der Waals surface area contributed by atoms with Crippen LogP contribution >= 0.6 is 11.3 Å². The van der Waals surface area contributed by atoms with Crippen molar-refractivity contribution in [2.24, 2.45) is 0 Å². The van der Waals surface area contributed by atoms with E-state index in [1.165, 1.54) is 11.3 Å². The molecule has 0 aliphatic heterocycles. The van der Waals surface area contributed by atoms with Crippen molar-refractivity contribution in [2.75, 3.05) is 0 Å². The van der Waals surface area contributed by atoms with Gasteiger partial charge in [0.25, 0.3) is 5.91 Å². The van der Waals surface area contributed by atoms with Gasteiger partial charge in [-0.2, -0.15) is 0 Å². The minimum Gasteiger partial charge on any atom is -0.346 e. The van der Waals surface area contributed by atoms with Crippen LogP contribution in [0.25, 0.3) is 10.6 Å². The molecule has 3 aromatic rings. The number of carbonyl (C=O) groups excluding carboxylic acids is 1. The molecular weight excluding hydrogens is 284 g/mol. The highest BCUT2D eigenvalue weighted by Crippen LogP contribution is 2.22. The third-order valence-electron chi connectivity index (χ3n) is 2.83. The molecule has 21 heavy (non-hydrogen) atoms. The van der Waals surface area contributed by atoms with Crippen molar-refractivity contribution in [3.05, 3.63) is 65.7 Å². The van der Waals surface area contributed by atoms with Crippen LogP contribution in [-0.2, 0) is 6.54 Å². The summed E-state index contributed by atoms with van der Waals surface area (Å²) in [6.07, 6.45) is 6.70. The average molecular weight is 296 g/mol. The van der Waals surface area contributed by atoms with Crippen molar-refractivity contribution < 1.29 is 4.79 Å². The molecule has 0 atom stereocenters. The van der Waals surface area contributed by atoms with Crippen molar-refractivity contribution in [1.82, 2.24) is 20.3 Å². The molecule has 3 heterocycles. The van der Waals surface area contributed by atoms with Gasteiger partial charge in [-0.1, -0.05) is 0 Å². The molecule has 0 spiro atoms. The van der Waals surface area contributed by atoms with Gasteiger partial charge in [0, 0.05) is 41.3 Å². The minimum atomic E-state index is -0.131. The van der Waals surface area contributed by atoms with Gasteiger partial charge >= 0.3 is 0 Å². The lowest BCUT2D eigenvalue weighted by Crippen LogP contribution is -2.22. The molecular formula is C15H12N4OS. The first kappa shape index (κ1) is 13.4. The maximum absolute atomic E-state index is 11.9. The molecule has 1 N–H and O–H groups in total. The molecule has 5 nitrogen and oxygen atoms in total. The number of nitrogens with one attached hydrogen (secondary N) is 1. The van der Waals surface area contributed by atoms with Crippen LogP contribution in [0.2, 0.25) is 0 Å². The van der Waals surface area contributed by atoms with Crippen LogP contribution in [0.15, 0.2) is 54.4 Å². The lowest BCUT2D eigenvalue weighted by molar-refractivity contribution is 0.0950. The molecule has 0 saturated heterocycles. The molecule has 0 bridgehead atoms. The van der Waals surface area contributed by atoms with E-state index in [9.17, 15) is 4.79 Å². The molecule has 6 heteroatoms. The number of aromatic nitrogens is 3. The van der Waals surface area contributed by atoms with Gasteiger partial charge in [-0.3, -0.25) is 14.8 Å². The minimum absolute atomic E-state index is 0.131. The van der Waals surface area contributed by atoms with Crippen LogP contribution < -0.4 is 5.32 Å². The predicted molar refractivity (Wildman–Crippen MR) is 80.8 cm³/mol. The van der Waals surface area contributed by atoms with Crippen molar-refractivity contribution in [1.29, 1.82) is 0 Å². The number of amides is 1. The van der Waals surface area contributed by atoms with Crippen molar-refractivity contribution in [3.8, 4) is 10.6 Å². The third-order valence-corrected chi connectivity index (χ3v) is 3.77. The van der Waals surface area contributed by atoms with E-state index < -0.39 is 0 Å². The first-order chi connectivity index (χ1) is 10.3. The predicted octanol–water partition coefficient (Wildman–Crippen LogP) is 2.53. The van der Waals surface area contributed by atoms with E-state index in [4.69, 9.17) is 0 Å². The second kappa shape index (κ2) is 6.23. The van der Waals surface area contributed by atoms with Gasteiger partial charge in [0.1, 0.15) is 5.01 Å². The molecule has 0 saturated carbocycles. The van der Waals surface area contributed by atoms with E-state index in [-0.39, 0.29) is 5.91 Å². The number of pyridine rings is 2. The van der Waals surface area contributed by atoms with E-state index >= 15 is 0 Å². The summed E-state index contributed by atoms with van der Waals surface area (Å²) in [7, 11) is 0. The fourth-order valence-electron chi connectivity index (χ4n) is 1.79. The van der Waals surface area contributed by atoms with Gasteiger partial charge in [0.15, 0.2) is 0 Å². The zero-order valence-corrected chi connectivity index (χ0v) is 11.9. The van der Waals surface area contributed by atoms with Crippen LogP contribution in [0.5, 0.6) is 0 Å². The zero-order chi connectivity index (χ0) is 14.5. The summed E-state index contributed by atoms with van der Waals surface area (Å²) >= 11 is 1.54. The molecule has 3 aromatic heterocycles. The zero-order valence-electron chi connectivity index (χ0n) is 11.1. The van der Waals surface area contributed by atoms with Crippen LogP contribution in [0.1, 0.15) is 16.1 Å².